The van der Waals surface area contributed by atoms with Crippen molar-refractivity contribution in [2.75, 3.05) is 11.9 Å². The number of hydrogen-bond donors (Lipinski definition) is 1. The molecular formula is C22H22N4O2S. The van der Waals surface area contributed by atoms with Crippen LogP contribution in [0.4, 0.5) is 5.69 Å². The van der Waals surface area contributed by atoms with E-state index in [1.54, 1.807) is 17.5 Å². The minimum atomic E-state index is -0.210. The number of rotatable bonds is 7. The molecule has 148 valence electrons. The molecular weight excluding hydrogens is 384 g/mol. The number of aryl methyl sites for hydroxylation is 1. The van der Waals surface area contributed by atoms with E-state index in [1.807, 2.05) is 66.4 Å². The van der Waals surface area contributed by atoms with Crippen LogP contribution < -0.4 is 10.1 Å². The van der Waals surface area contributed by atoms with Gasteiger partial charge in [-0.05, 0) is 43.0 Å². The highest BCUT2D eigenvalue weighted by Gasteiger charge is 2.18. The van der Waals surface area contributed by atoms with E-state index >= 15 is 0 Å². The van der Waals surface area contributed by atoms with Crippen molar-refractivity contribution in [3.8, 4) is 16.3 Å². The van der Waals surface area contributed by atoms with Crippen LogP contribution in [-0.4, -0.2) is 27.3 Å². The molecule has 0 aliphatic heterocycles. The van der Waals surface area contributed by atoms with E-state index < -0.39 is 0 Å². The van der Waals surface area contributed by atoms with Crippen molar-refractivity contribution in [2.24, 2.45) is 0 Å². The fourth-order valence-corrected chi connectivity index (χ4v) is 3.80. The van der Waals surface area contributed by atoms with E-state index in [9.17, 15) is 4.79 Å². The number of carbonyl (C=O) groups excluding carboxylic acids is 1. The Kier molecular flexibility index (Phi) is 5.57. The number of nitrogens with one attached hydrogen (secondary N) is 1. The zero-order valence-electron chi connectivity index (χ0n) is 16.4. The summed E-state index contributed by atoms with van der Waals surface area (Å²) in [5.74, 6) is 0.453. The van der Waals surface area contributed by atoms with Crippen molar-refractivity contribution in [3.05, 3.63) is 59.6 Å². The third-order valence-electron chi connectivity index (χ3n) is 4.52. The lowest BCUT2D eigenvalue weighted by atomic mass is 10.1. The zero-order chi connectivity index (χ0) is 20.2. The highest BCUT2D eigenvalue weighted by atomic mass is 32.1. The summed E-state index contributed by atoms with van der Waals surface area (Å²) < 4.78 is 7.58. The standard InChI is InChI=1S/C22H22N4O2S/c1-3-11-28-19-9-6-5-8-17(19)25-22(27)15-13-18(20-10-7-12-29-20)24-21-16(15)14-23-26(21)4-2/h5-10,12-14H,3-4,11H2,1-2H3,(H,25,27). The molecule has 3 aromatic heterocycles. The van der Waals surface area contributed by atoms with E-state index in [4.69, 9.17) is 9.72 Å². The first kappa shape index (κ1) is 19.1. The number of para-hydroxylation sites is 2. The summed E-state index contributed by atoms with van der Waals surface area (Å²) in [6, 6.07) is 13.3. The summed E-state index contributed by atoms with van der Waals surface area (Å²) in [5, 5.41) is 10.1. The van der Waals surface area contributed by atoms with Gasteiger partial charge in [0.15, 0.2) is 5.65 Å². The SMILES string of the molecule is CCCOc1ccccc1NC(=O)c1cc(-c2cccs2)nc2c1cnn2CC. The number of benzene rings is 1. The van der Waals surface area contributed by atoms with Crippen LogP contribution in [0.25, 0.3) is 21.6 Å². The van der Waals surface area contributed by atoms with E-state index in [1.165, 1.54) is 0 Å². The number of anilines is 1. The van der Waals surface area contributed by atoms with Gasteiger partial charge in [-0.15, -0.1) is 11.3 Å². The molecule has 4 rings (SSSR count). The summed E-state index contributed by atoms with van der Waals surface area (Å²) in [4.78, 5) is 19.0. The number of amides is 1. The number of fused-ring (bicyclic) bond motifs is 1. The number of carbonyl (C=O) groups is 1. The maximum absolute atomic E-state index is 13.2. The van der Waals surface area contributed by atoms with Crippen molar-refractivity contribution < 1.29 is 9.53 Å². The Hall–Kier alpha value is -3.19. The summed E-state index contributed by atoms with van der Waals surface area (Å²) in [7, 11) is 0. The van der Waals surface area contributed by atoms with Crippen LogP contribution in [0.2, 0.25) is 0 Å². The van der Waals surface area contributed by atoms with Gasteiger partial charge in [-0.3, -0.25) is 4.79 Å². The molecule has 1 aromatic carbocycles. The van der Waals surface area contributed by atoms with Crippen LogP contribution in [0.3, 0.4) is 0 Å². The Labute approximate surface area is 173 Å². The van der Waals surface area contributed by atoms with Gasteiger partial charge in [-0.1, -0.05) is 25.1 Å². The van der Waals surface area contributed by atoms with Crippen LogP contribution in [-0.2, 0) is 6.54 Å². The third-order valence-corrected chi connectivity index (χ3v) is 5.42. The number of pyridine rings is 1. The molecule has 0 fully saturated rings. The van der Waals surface area contributed by atoms with Gasteiger partial charge in [-0.2, -0.15) is 5.10 Å². The van der Waals surface area contributed by atoms with Crippen molar-refractivity contribution in [3.63, 3.8) is 0 Å². The summed E-state index contributed by atoms with van der Waals surface area (Å²) in [6.45, 7) is 5.33. The molecule has 6 nitrogen and oxygen atoms in total. The van der Waals surface area contributed by atoms with Gasteiger partial charge in [-0.25, -0.2) is 9.67 Å². The summed E-state index contributed by atoms with van der Waals surface area (Å²) >= 11 is 1.59. The van der Waals surface area contributed by atoms with Gasteiger partial charge in [0.1, 0.15) is 5.75 Å². The van der Waals surface area contributed by atoms with Crippen molar-refractivity contribution >= 4 is 34.0 Å². The molecule has 29 heavy (non-hydrogen) atoms. The predicted octanol–water partition coefficient (Wildman–Crippen LogP) is 5.22. The Morgan fingerprint density at radius 1 is 1.21 bits per heavy atom. The lowest BCUT2D eigenvalue weighted by Crippen LogP contribution is -2.14. The Bertz CT molecular complexity index is 1140. The van der Waals surface area contributed by atoms with Crippen LogP contribution in [0.5, 0.6) is 5.75 Å². The Balaban J connectivity index is 1.75. The van der Waals surface area contributed by atoms with Gasteiger partial charge in [0, 0.05) is 6.54 Å². The van der Waals surface area contributed by atoms with Crippen molar-refractivity contribution in [2.45, 2.75) is 26.8 Å². The maximum atomic E-state index is 13.2. The first-order valence-corrected chi connectivity index (χ1v) is 10.5. The van der Waals surface area contributed by atoms with E-state index in [0.717, 1.165) is 22.4 Å². The first-order chi connectivity index (χ1) is 14.2. The molecule has 0 atom stereocenters. The highest BCUT2D eigenvalue weighted by Crippen LogP contribution is 2.30. The fourth-order valence-electron chi connectivity index (χ4n) is 3.11. The monoisotopic (exact) mass is 406 g/mol. The first-order valence-electron chi connectivity index (χ1n) is 9.64. The highest BCUT2D eigenvalue weighted by molar-refractivity contribution is 7.13. The molecule has 0 saturated carbocycles. The van der Waals surface area contributed by atoms with Crippen LogP contribution in [0.15, 0.2) is 54.0 Å². The lowest BCUT2D eigenvalue weighted by molar-refractivity contribution is 0.102. The van der Waals surface area contributed by atoms with Crippen LogP contribution in [0, 0.1) is 0 Å². The minimum absolute atomic E-state index is 0.210. The van der Waals surface area contributed by atoms with Gasteiger partial charge in [0.05, 0.1) is 40.0 Å². The summed E-state index contributed by atoms with van der Waals surface area (Å²) in [5.41, 5.74) is 2.67. The molecule has 3 heterocycles. The van der Waals surface area contributed by atoms with Gasteiger partial charge < -0.3 is 10.1 Å². The predicted molar refractivity (Wildman–Crippen MR) is 117 cm³/mol. The van der Waals surface area contributed by atoms with Crippen LogP contribution >= 0.6 is 11.3 Å². The van der Waals surface area contributed by atoms with Gasteiger partial charge in [0.2, 0.25) is 0 Å². The molecule has 0 saturated heterocycles. The fraction of sp³-hybridized carbons (Fsp3) is 0.227. The number of hydrogen-bond acceptors (Lipinski definition) is 5. The summed E-state index contributed by atoms with van der Waals surface area (Å²) in [6.07, 6.45) is 2.60. The molecule has 0 unspecified atom stereocenters. The Morgan fingerprint density at radius 2 is 2.07 bits per heavy atom. The Morgan fingerprint density at radius 3 is 2.83 bits per heavy atom. The van der Waals surface area contributed by atoms with E-state index in [0.29, 0.717) is 35.8 Å². The third kappa shape index (κ3) is 3.86. The van der Waals surface area contributed by atoms with Gasteiger partial charge in [0.25, 0.3) is 5.91 Å². The molecule has 7 heteroatoms. The largest absolute Gasteiger partial charge is 0.491 e. The second-order valence-electron chi connectivity index (χ2n) is 6.53. The van der Waals surface area contributed by atoms with Crippen LogP contribution in [0.1, 0.15) is 30.6 Å². The number of thiophene rings is 1. The smallest absolute Gasteiger partial charge is 0.256 e. The zero-order valence-corrected chi connectivity index (χ0v) is 17.2. The lowest BCUT2D eigenvalue weighted by Gasteiger charge is -2.13. The maximum Gasteiger partial charge on any atom is 0.256 e. The van der Waals surface area contributed by atoms with E-state index in [-0.39, 0.29) is 5.91 Å². The molecule has 0 radical (unpaired) electrons. The number of ether oxygens (including phenoxy) is 1. The average molecular weight is 407 g/mol. The molecule has 0 aliphatic rings. The average Bonchev–Trinajstić information content (AvgIpc) is 3.42. The topological polar surface area (TPSA) is 69.0 Å². The molecule has 4 aromatic rings. The number of nitrogens with zero attached hydrogens (tertiary/aromatic N) is 3. The molecule has 1 amide bonds. The van der Waals surface area contributed by atoms with Crippen molar-refractivity contribution in [1.82, 2.24) is 14.8 Å². The quantitative estimate of drug-likeness (QED) is 0.457. The molecule has 0 spiro atoms. The van der Waals surface area contributed by atoms with Crippen molar-refractivity contribution in [1.29, 1.82) is 0 Å². The second kappa shape index (κ2) is 8.45. The molecule has 1 N–H and O–H groups in total. The molecule has 0 aliphatic carbocycles. The molecule has 0 bridgehead atoms. The van der Waals surface area contributed by atoms with E-state index in [2.05, 4.69) is 10.4 Å². The normalized spacial score (nSPS) is 11.0. The minimum Gasteiger partial charge on any atom is -0.491 e. The second-order valence-corrected chi connectivity index (χ2v) is 7.48. The van der Waals surface area contributed by atoms with Gasteiger partial charge >= 0.3 is 0 Å². The number of aromatic nitrogens is 3.